The fraction of sp³-hybridized carbons (Fsp3) is 0.0690. The van der Waals surface area contributed by atoms with E-state index in [0.29, 0.717) is 33.5 Å². The quantitative estimate of drug-likeness (QED) is 0.155. The highest BCUT2D eigenvalue weighted by atomic mass is 16.3. The maximum Gasteiger partial charge on any atom is 0.160 e. The van der Waals surface area contributed by atoms with Crippen molar-refractivity contribution in [1.82, 2.24) is 0 Å². The highest BCUT2D eigenvalue weighted by Crippen LogP contribution is 2.53. The van der Waals surface area contributed by atoms with Gasteiger partial charge >= 0.3 is 0 Å². The molecule has 0 fully saturated rings. The molecule has 0 saturated carbocycles. The molecule has 2 heterocycles. The second-order valence-electron chi connectivity index (χ2n) is 17.5. The molecule has 0 N–H and O–H groups in total. The lowest BCUT2D eigenvalue weighted by Gasteiger charge is -2.32. The van der Waals surface area contributed by atoms with Crippen molar-refractivity contribution in [2.24, 2.45) is 0 Å². The first kappa shape index (κ1) is 37.2. The van der Waals surface area contributed by atoms with Crippen molar-refractivity contribution in [2.45, 2.75) is 26.2 Å². The second kappa shape index (κ2) is 14.0. The summed E-state index contributed by atoms with van der Waals surface area (Å²) >= 11 is 0. The van der Waals surface area contributed by atoms with Gasteiger partial charge in [-0.05, 0) is 93.9 Å². The van der Waals surface area contributed by atoms with Gasteiger partial charge in [0, 0.05) is 49.1 Å². The summed E-state index contributed by atoms with van der Waals surface area (Å²) in [4.78, 5) is 4.56. The highest BCUT2D eigenvalue weighted by Gasteiger charge is 2.29. The zero-order chi connectivity index (χ0) is 43.3. The fourth-order valence-electron chi connectivity index (χ4n) is 9.82. The minimum Gasteiger partial charge on any atom is -0.454 e. The molecule has 0 radical (unpaired) electrons. The fourth-order valence-corrected chi connectivity index (χ4v) is 9.82. The number of anilines is 6. The smallest absolute Gasteiger partial charge is 0.160 e. The molecule has 2 aromatic heterocycles. The molecule has 12 aromatic rings. The van der Waals surface area contributed by atoms with Crippen molar-refractivity contribution >= 4 is 110 Å². The Morgan fingerprint density at radius 2 is 0.844 bits per heavy atom. The summed E-state index contributed by atoms with van der Waals surface area (Å²) < 4.78 is 13.6. The molecule has 10 aromatic carbocycles. The van der Waals surface area contributed by atoms with Gasteiger partial charge in [0.1, 0.15) is 11.2 Å². The standard InChI is InChI=1S/C58H38N4O2/c1-58(2,3)39-30-35-22-26-42-48(61(40-14-6-4-7-15-40)46-28-24-37(33-59)53-44-18-10-12-20-50(44)63-56(46)53)32-49(43-27-23-36(31-39)52(35)55(42)43)62(41-16-8-5-9-17-41)47-29-25-38(34-60)54-45-19-11-13-21-51(45)64-57(47)54/h4-32H,1-3H3. The number of benzene rings is 10. The van der Waals surface area contributed by atoms with Crippen LogP contribution >= 0.6 is 0 Å². The zero-order valence-electron chi connectivity index (χ0n) is 35.3. The number of furan rings is 2. The van der Waals surface area contributed by atoms with Crippen LogP contribution in [-0.2, 0) is 5.41 Å². The largest absolute Gasteiger partial charge is 0.454 e. The van der Waals surface area contributed by atoms with Gasteiger partial charge in [-0.3, -0.25) is 0 Å². The van der Waals surface area contributed by atoms with Gasteiger partial charge in [-0.1, -0.05) is 130 Å². The van der Waals surface area contributed by atoms with Crippen LogP contribution in [0, 0.1) is 22.7 Å². The molecule has 0 spiro atoms. The topological polar surface area (TPSA) is 80.3 Å². The maximum atomic E-state index is 10.5. The molecule has 0 aliphatic rings. The first-order chi connectivity index (χ1) is 31.3. The minimum absolute atomic E-state index is 0.0594. The summed E-state index contributed by atoms with van der Waals surface area (Å²) in [6, 6.07) is 65.3. The number of fused-ring (bicyclic) bond motifs is 6. The Labute approximate surface area is 368 Å². The van der Waals surface area contributed by atoms with E-state index in [2.05, 4.69) is 134 Å². The van der Waals surface area contributed by atoms with E-state index < -0.39 is 0 Å². The molecule has 12 rings (SSSR count). The van der Waals surface area contributed by atoms with Crippen LogP contribution in [0.3, 0.4) is 0 Å². The van der Waals surface area contributed by atoms with E-state index in [-0.39, 0.29) is 5.41 Å². The van der Waals surface area contributed by atoms with Crippen LogP contribution in [0.5, 0.6) is 0 Å². The molecule has 0 unspecified atom stereocenters. The summed E-state index contributed by atoms with van der Waals surface area (Å²) in [6.07, 6.45) is 0. The Kier molecular flexibility index (Phi) is 8.12. The predicted molar refractivity (Wildman–Crippen MR) is 262 cm³/mol. The Balaban J connectivity index is 1.26. The van der Waals surface area contributed by atoms with E-state index in [4.69, 9.17) is 8.83 Å². The van der Waals surface area contributed by atoms with Gasteiger partial charge in [-0.25, -0.2) is 0 Å². The predicted octanol–water partition coefficient (Wildman–Crippen LogP) is 16.4. The first-order valence-electron chi connectivity index (χ1n) is 21.5. The lowest BCUT2D eigenvalue weighted by molar-refractivity contribution is 0.591. The summed E-state index contributed by atoms with van der Waals surface area (Å²) in [7, 11) is 0. The van der Waals surface area contributed by atoms with E-state index in [1.165, 1.54) is 10.9 Å². The van der Waals surface area contributed by atoms with E-state index in [1.807, 2.05) is 84.9 Å². The summed E-state index contributed by atoms with van der Waals surface area (Å²) in [6.45, 7) is 6.79. The molecule has 0 aliphatic carbocycles. The van der Waals surface area contributed by atoms with Crippen LogP contribution in [-0.4, -0.2) is 0 Å². The molecule has 6 nitrogen and oxygen atoms in total. The molecular weight excluding hydrogens is 785 g/mol. The van der Waals surface area contributed by atoms with Gasteiger partial charge in [0.15, 0.2) is 11.2 Å². The Hall–Kier alpha value is -8.58. The Bertz CT molecular complexity index is 3680. The molecule has 0 atom stereocenters. The summed E-state index contributed by atoms with van der Waals surface area (Å²) in [5, 5.41) is 31.0. The third-order valence-corrected chi connectivity index (χ3v) is 12.8. The average molecular weight is 823 g/mol. The third-order valence-electron chi connectivity index (χ3n) is 12.8. The third kappa shape index (κ3) is 5.50. The molecule has 0 saturated heterocycles. The van der Waals surface area contributed by atoms with Crippen LogP contribution in [0.4, 0.5) is 34.1 Å². The van der Waals surface area contributed by atoms with E-state index >= 15 is 0 Å². The Morgan fingerprint density at radius 3 is 1.28 bits per heavy atom. The van der Waals surface area contributed by atoms with Gasteiger partial charge < -0.3 is 18.6 Å². The van der Waals surface area contributed by atoms with E-state index in [9.17, 15) is 10.5 Å². The van der Waals surface area contributed by atoms with Gasteiger partial charge in [0.05, 0.1) is 46.0 Å². The number of hydrogen-bond acceptors (Lipinski definition) is 6. The van der Waals surface area contributed by atoms with Crippen LogP contribution in [0.1, 0.15) is 37.5 Å². The molecule has 302 valence electrons. The number of nitrogens with zero attached hydrogens (tertiary/aromatic N) is 4. The minimum atomic E-state index is -0.0594. The van der Waals surface area contributed by atoms with Gasteiger partial charge in [-0.2, -0.15) is 10.5 Å². The zero-order valence-corrected chi connectivity index (χ0v) is 35.3. The van der Waals surface area contributed by atoms with Crippen molar-refractivity contribution in [3.63, 3.8) is 0 Å². The molecule has 0 amide bonds. The number of para-hydroxylation sites is 4. The SMILES string of the molecule is CC(C)(C)c1cc2ccc3c(N(c4ccccc4)c4ccc(C#N)c5c4oc4ccccc45)cc(N(c4ccccc4)c4ccc(C#N)c5c4oc4ccccc45)c4ccc(c1)c2c34. The normalized spacial score (nSPS) is 12.0. The molecule has 6 heteroatoms. The van der Waals surface area contributed by atoms with Crippen LogP contribution in [0.25, 0.3) is 76.2 Å². The van der Waals surface area contributed by atoms with Gasteiger partial charge in [0.25, 0.3) is 0 Å². The van der Waals surface area contributed by atoms with E-state index in [1.54, 1.807) is 0 Å². The summed E-state index contributed by atoms with van der Waals surface area (Å²) in [5.41, 5.74) is 10.3. The first-order valence-corrected chi connectivity index (χ1v) is 21.5. The van der Waals surface area contributed by atoms with E-state index in [0.717, 1.165) is 82.6 Å². The number of nitriles is 2. The van der Waals surface area contributed by atoms with Crippen LogP contribution in [0.15, 0.2) is 185 Å². The molecule has 0 bridgehead atoms. The number of rotatable bonds is 6. The lowest BCUT2D eigenvalue weighted by atomic mass is 9.83. The van der Waals surface area contributed by atoms with Crippen LogP contribution < -0.4 is 9.80 Å². The molecular formula is C58H38N4O2. The monoisotopic (exact) mass is 822 g/mol. The highest BCUT2D eigenvalue weighted by molar-refractivity contribution is 6.30. The Morgan fingerprint density at radius 1 is 0.406 bits per heavy atom. The van der Waals surface area contributed by atoms with Crippen molar-refractivity contribution in [1.29, 1.82) is 10.5 Å². The van der Waals surface area contributed by atoms with Crippen LogP contribution in [0.2, 0.25) is 0 Å². The molecule has 64 heavy (non-hydrogen) atoms. The maximum absolute atomic E-state index is 10.5. The van der Waals surface area contributed by atoms with Gasteiger partial charge in [0.2, 0.25) is 0 Å². The average Bonchev–Trinajstić information content (AvgIpc) is 3.92. The van der Waals surface area contributed by atoms with Gasteiger partial charge in [-0.15, -0.1) is 0 Å². The van der Waals surface area contributed by atoms with Crippen molar-refractivity contribution in [2.75, 3.05) is 9.80 Å². The van der Waals surface area contributed by atoms with Crippen molar-refractivity contribution < 1.29 is 8.83 Å². The van der Waals surface area contributed by atoms with Crippen molar-refractivity contribution in [3.8, 4) is 12.1 Å². The second-order valence-corrected chi connectivity index (χ2v) is 17.5. The lowest BCUT2D eigenvalue weighted by Crippen LogP contribution is -2.15. The number of hydrogen-bond donors (Lipinski definition) is 0. The molecule has 0 aliphatic heterocycles. The van der Waals surface area contributed by atoms with Crippen molar-refractivity contribution in [3.05, 3.63) is 193 Å². The summed E-state index contributed by atoms with van der Waals surface area (Å²) in [5.74, 6) is 0.